The summed E-state index contributed by atoms with van der Waals surface area (Å²) in [5, 5.41) is 10.7. The van der Waals surface area contributed by atoms with Crippen LogP contribution in [0, 0.1) is 0 Å². The molecular formula is C15H16ClNO3. The fraction of sp³-hybridized carbons (Fsp3) is 0.400. The zero-order valence-electron chi connectivity index (χ0n) is 11.2. The van der Waals surface area contributed by atoms with Gasteiger partial charge in [0.1, 0.15) is 5.75 Å². The standard InChI is InChI=1S/C15H16ClNO3/c1-20-13-6-9-12(7-10(13)16)17-11-4-2-3-8(15(9)11)5-14(18)19/h6-8,17H,2-5H2,1H3,(H,18,19). The summed E-state index contributed by atoms with van der Waals surface area (Å²) in [6.07, 6.45) is 3.06. The van der Waals surface area contributed by atoms with E-state index in [9.17, 15) is 4.79 Å². The number of H-pyrrole nitrogens is 1. The Labute approximate surface area is 121 Å². The van der Waals surface area contributed by atoms with Gasteiger partial charge in [-0.2, -0.15) is 0 Å². The molecule has 0 amide bonds. The smallest absolute Gasteiger partial charge is 0.303 e. The minimum atomic E-state index is -0.752. The Morgan fingerprint density at radius 2 is 2.35 bits per heavy atom. The van der Waals surface area contributed by atoms with E-state index >= 15 is 0 Å². The Kier molecular flexibility index (Phi) is 3.34. The van der Waals surface area contributed by atoms with Crippen LogP contribution in [-0.4, -0.2) is 23.2 Å². The van der Waals surface area contributed by atoms with Gasteiger partial charge in [-0.25, -0.2) is 0 Å². The predicted molar refractivity (Wildman–Crippen MR) is 77.8 cm³/mol. The quantitative estimate of drug-likeness (QED) is 0.906. The first-order valence-electron chi connectivity index (χ1n) is 6.70. The van der Waals surface area contributed by atoms with E-state index in [1.807, 2.05) is 12.1 Å². The van der Waals surface area contributed by atoms with E-state index in [-0.39, 0.29) is 12.3 Å². The molecule has 106 valence electrons. The molecule has 0 radical (unpaired) electrons. The summed E-state index contributed by atoms with van der Waals surface area (Å²) in [4.78, 5) is 14.4. The second-order valence-corrected chi connectivity index (χ2v) is 5.64. The van der Waals surface area contributed by atoms with Crippen LogP contribution in [0.25, 0.3) is 10.9 Å². The minimum absolute atomic E-state index is 0.0656. The van der Waals surface area contributed by atoms with Gasteiger partial charge in [0.15, 0.2) is 0 Å². The highest BCUT2D eigenvalue weighted by atomic mass is 35.5. The van der Waals surface area contributed by atoms with Crippen molar-refractivity contribution in [3.05, 3.63) is 28.4 Å². The zero-order chi connectivity index (χ0) is 14.3. The highest BCUT2D eigenvalue weighted by molar-refractivity contribution is 6.32. The Morgan fingerprint density at radius 3 is 3.05 bits per heavy atom. The van der Waals surface area contributed by atoms with E-state index in [4.69, 9.17) is 21.4 Å². The van der Waals surface area contributed by atoms with Crippen LogP contribution in [0.5, 0.6) is 5.75 Å². The number of halogens is 1. The number of hydrogen-bond acceptors (Lipinski definition) is 2. The maximum absolute atomic E-state index is 11.1. The van der Waals surface area contributed by atoms with Crippen LogP contribution in [0.15, 0.2) is 12.1 Å². The van der Waals surface area contributed by atoms with Crippen LogP contribution < -0.4 is 4.74 Å². The number of aromatic amines is 1. The van der Waals surface area contributed by atoms with Gasteiger partial charge in [-0.05, 0) is 42.9 Å². The van der Waals surface area contributed by atoms with Crippen LogP contribution in [0.2, 0.25) is 5.02 Å². The molecule has 0 bridgehead atoms. The molecule has 2 N–H and O–H groups in total. The fourth-order valence-electron chi connectivity index (χ4n) is 3.18. The Balaban J connectivity index is 2.17. The minimum Gasteiger partial charge on any atom is -0.495 e. The van der Waals surface area contributed by atoms with Crippen LogP contribution >= 0.6 is 11.6 Å². The van der Waals surface area contributed by atoms with Crippen molar-refractivity contribution in [1.82, 2.24) is 4.98 Å². The molecule has 1 aromatic carbocycles. The number of carboxylic acid groups (broad SMARTS) is 1. The average Bonchev–Trinajstić information content (AvgIpc) is 2.75. The van der Waals surface area contributed by atoms with Crippen molar-refractivity contribution in [2.75, 3.05) is 7.11 Å². The van der Waals surface area contributed by atoms with Crippen molar-refractivity contribution in [3.63, 3.8) is 0 Å². The number of carboxylic acids is 1. The first kappa shape index (κ1) is 13.3. The van der Waals surface area contributed by atoms with Crippen molar-refractivity contribution in [2.24, 2.45) is 0 Å². The summed E-state index contributed by atoms with van der Waals surface area (Å²) in [5.41, 5.74) is 3.23. The number of aliphatic carboxylic acids is 1. The van der Waals surface area contributed by atoms with Crippen molar-refractivity contribution >= 4 is 28.5 Å². The molecule has 20 heavy (non-hydrogen) atoms. The third kappa shape index (κ3) is 2.14. The van der Waals surface area contributed by atoms with Gasteiger partial charge in [0.05, 0.1) is 18.6 Å². The summed E-state index contributed by atoms with van der Waals surface area (Å²) in [6.45, 7) is 0. The Bertz CT molecular complexity index is 677. The van der Waals surface area contributed by atoms with Crippen LogP contribution in [0.3, 0.4) is 0 Å². The monoisotopic (exact) mass is 293 g/mol. The van der Waals surface area contributed by atoms with E-state index in [1.165, 1.54) is 0 Å². The highest BCUT2D eigenvalue weighted by Crippen LogP contribution is 2.41. The van der Waals surface area contributed by atoms with Crippen molar-refractivity contribution in [2.45, 2.75) is 31.6 Å². The number of nitrogens with one attached hydrogen (secondary N) is 1. The Morgan fingerprint density at radius 1 is 1.55 bits per heavy atom. The molecule has 1 aliphatic rings. The second-order valence-electron chi connectivity index (χ2n) is 5.24. The number of carbonyl (C=O) groups is 1. The molecule has 5 heteroatoms. The maximum atomic E-state index is 11.1. The zero-order valence-corrected chi connectivity index (χ0v) is 12.0. The molecule has 0 fully saturated rings. The molecule has 0 saturated carbocycles. The van der Waals surface area contributed by atoms with E-state index in [0.717, 1.165) is 41.4 Å². The van der Waals surface area contributed by atoms with Gasteiger partial charge in [0, 0.05) is 16.6 Å². The van der Waals surface area contributed by atoms with Gasteiger partial charge in [-0.1, -0.05) is 11.6 Å². The van der Waals surface area contributed by atoms with Gasteiger partial charge < -0.3 is 14.8 Å². The number of rotatable bonds is 3. The number of ether oxygens (including phenoxy) is 1. The molecule has 1 heterocycles. The van der Waals surface area contributed by atoms with E-state index in [0.29, 0.717) is 10.8 Å². The molecule has 1 atom stereocenters. The number of aromatic nitrogens is 1. The lowest BCUT2D eigenvalue weighted by molar-refractivity contribution is -0.137. The van der Waals surface area contributed by atoms with Gasteiger partial charge in [-0.3, -0.25) is 4.79 Å². The number of benzene rings is 1. The lowest BCUT2D eigenvalue weighted by Crippen LogP contribution is -2.12. The Hall–Kier alpha value is -1.68. The molecule has 1 aliphatic carbocycles. The number of methoxy groups -OCH3 is 1. The molecule has 1 unspecified atom stereocenters. The first-order chi connectivity index (χ1) is 9.60. The third-order valence-electron chi connectivity index (χ3n) is 4.00. The molecule has 1 aromatic heterocycles. The van der Waals surface area contributed by atoms with Crippen molar-refractivity contribution in [3.8, 4) is 5.75 Å². The molecule has 0 saturated heterocycles. The topological polar surface area (TPSA) is 62.3 Å². The van der Waals surface area contributed by atoms with E-state index in [2.05, 4.69) is 4.98 Å². The molecule has 3 rings (SSSR count). The molecule has 0 aliphatic heterocycles. The summed E-state index contributed by atoms with van der Waals surface area (Å²) >= 11 is 6.15. The predicted octanol–water partition coefficient (Wildman–Crippen LogP) is 3.72. The van der Waals surface area contributed by atoms with Gasteiger partial charge in [0.25, 0.3) is 0 Å². The average molecular weight is 294 g/mol. The molecule has 2 aromatic rings. The maximum Gasteiger partial charge on any atom is 0.303 e. The fourth-order valence-corrected chi connectivity index (χ4v) is 3.42. The van der Waals surface area contributed by atoms with Crippen LogP contribution in [-0.2, 0) is 11.2 Å². The van der Waals surface area contributed by atoms with Crippen LogP contribution in [0.4, 0.5) is 0 Å². The first-order valence-corrected chi connectivity index (χ1v) is 7.07. The summed E-state index contributed by atoms with van der Waals surface area (Å²) < 4.78 is 5.27. The van der Waals surface area contributed by atoms with Crippen molar-refractivity contribution < 1.29 is 14.6 Å². The largest absolute Gasteiger partial charge is 0.495 e. The van der Waals surface area contributed by atoms with Crippen molar-refractivity contribution in [1.29, 1.82) is 0 Å². The second kappa shape index (κ2) is 5.02. The summed E-state index contributed by atoms with van der Waals surface area (Å²) in [6, 6.07) is 3.76. The van der Waals surface area contributed by atoms with Gasteiger partial charge >= 0.3 is 5.97 Å². The van der Waals surface area contributed by atoms with Gasteiger partial charge in [0.2, 0.25) is 0 Å². The molecule has 4 nitrogen and oxygen atoms in total. The number of hydrogen-bond donors (Lipinski definition) is 2. The molecular weight excluding hydrogens is 278 g/mol. The van der Waals surface area contributed by atoms with Gasteiger partial charge in [-0.15, -0.1) is 0 Å². The lowest BCUT2D eigenvalue weighted by atomic mass is 9.83. The SMILES string of the molecule is COc1cc2c3c([nH]c2cc1Cl)CCCC3CC(=O)O. The highest BCUT2D eigenvalue weighted by Gasteiger charge is 2.27. The third-order valence-corrected chi connectivity index (χ3v) is 4.30. The van der Waals surface area contributed by atoms with Crippen LogP contribution in [0.1, 0.15) is 36.4 Å². The summed E-state index contributed by atoms with van der Waals surface area (Å²) in [7, 11) is 1.58. The normalized spacial score (nSPS) is 18.0. The number of fused-ring (bicyclic) bond motifs is 3. The van der Waals surface area contributed by atoms with E-state index < -0.39 is 5.97 Å². The molecule has 0 spiro atoms. The number of aryl methyl sites for hydroxylation is 1. The summed E-state index contributed by atoms with van der Waals surface area (Å²) in [5.74, 6) is -0.0605. The van der Waals surface area contributed by atoms with E-state index in [1.54, 1.807) is 7.11 Å². The lowest BCUT2D eigenvalue weighted by Gasteiger charge is -2.21.